The summed E-state index contributed by atoms with van der Waals surface area (Å²) in [5, 5.41) is 0. The summed E-state index contributed by atoms with van der Waals surface area (Å²) in [4.78, 5) is 6.00. The molecule has 1 aromatic heterocycles. The average Bonchev–Trinajstić information content (AvgIpc) is 2.95. The minimum absolute atomic E-state index is 0.106. The van der Waals surface area contributed by atoms with E-state index >= 15 is 0 Å². The Labute approximate surface area is 114 Å². The molecule has 19 heavy (non-hydrogen) atoms. The van der Waals surface area contributed by atoms with Crippen LogP contribution in [0, 0.1) is 16.4 Å². The van der Waals surface area contributed by atoms with Gasteiger partial charge in [-0.1, -0.05) is 6.08 Å². The maximum atomic E-state index is 13.3. The van der Waals surface area contributed by atoms with Gasteiger partial charge in [0, 0.05) is 23.9 Å². The van der Waals surface area contributed by atoms with Gasteiger partial charge < -0.3 is 9.97 Å². The lowest BCUT2D eigenvalue weighted by molar-refractivity contribution is 0.582. The van der Waals surface area contributed by atoms with Gasteiger partial charge in [0.15, 0.2) is 4.77 Å². The first-order valence-electron chi connectivity index (χ1n) is 6.07. The van der Waals surface area contributed by atoms with Gasteiger partial charge in [0.2, 0.25) is 0 Å². The summed E-state index contributed by atoms with van der Waals surface area (Å²) in [6, 6.07) is 3.63. The molecular formula is C14H12F2N2S. The van der Waals surface area contributed by atoms with Gasteiger partial charge in [0.25, 0.3) is 0 Å². The lowest BCUT2D eigenvalue weighted by atomic mass is 9.92. The number of rotatable bonds is 2. The number of aromatic amines is 2. The Morgan fingerprint density at radius 1 is 1.16 bits per heavy atom. The Kier molecular flexibility index (Phi) is 3.06. The van der Waals surface area contributed by atoms with Crippen molar-refractivity contribution in [2.45, 2.75) is 18.8 Å². The van der Waals surface area contributed by atoms with Crippen molar-refractivity contribution < 1.29 is 8.78 Å². The van der Waals surface area contributed by atoms with E-state index in [1.807, 2.05) is 12.3 Å². The second-order valence-electron chi connectivity index (χ2n) is 4.65. The Balaban J connectivity index is 2.01. The average molecular weight is 278 g/mol. The molecule has 5 heteroatoms. The fourth-order valence-corrected chi connectivity index (χ4v) is 2.78. The van der Waals surface area contributed by atoms with Gasteiger partial charge >= 0.3 is 0 Å². The van der Waals surface area contributed by atoms with Crippen molar-refractivity contribution in [1.29, 1.82) is 0 Å². The summed E-state index contributed by atoms with van der Waals surface area (Å²) < 4.78 is 27.2. The lowest BCUT2D eigenvalue weighted by Crippen LogP contribution is -1.99. The largest absolute Gasteiger partial charge is 0.337 e. The molecular weight excluding hydrogens is 266 g/mol. The van der Waals surface area contributed by atoms with Crippen molar-refractivity contribution in [1.82, 2.24) is 9.97 Å². The zero-order valence-electron chi connectivity index (χ0n) is 10.0. The van der Waals surface area contributed by atoms with E-state index in [1.54, 1.807) is 0 Å². The van der Waals surface area contributed by atoms with Crippen LogP contribution >= 0.6 is 12.2 Å². The normalized spacial score (nSPS) is 18.6. The molecule has 2 aromatic rings. The molecule has 0 fully saturated rings. The molecule has 1 unspecified atom stereocenters. The molecule has 0 amide bonds. The summed E-state index contributed by atoms with van der Waals surface area (Å²) in [7, 11) is 0. The highest BCUT2D eigenvalue weighted by molar-refractivity contribution is 7.71. The number of nitrogens with one attached hydrogen (secondary N) is 2. The second-order valence-corrected chi connectivity index (χ2v) is 5.05. The predicted molar refractivity (Wildman–Crippen MR) is 72.3 cm³/mol. The number of hydrogen-bond donors (Lipinski definition) is 2. The molecule has 1 atom stereocenters. The second kappa shape index (κ2) is 4.74. The molecule has 98 valence electrons. The van der Waals surface area contributed by atoms with E-state index in [9.17, 15) is 8.78 Å². The number of imidazole rings is 1. The molecule has 0 saturated heterocycles. The maximum Gasteiger partial charge on any atom is 0.174 e. The third-order valence-corrected chi connectivity index (χ3v) is 3.60. The van der Waals surface area contributed by atoms with Crippen LogP contribution in [0.1, 0.15) is 30.0 Å². The Morgan fingerprint density at radius 2 is 1.89 bits per heavy atom. The number of allylic oxidation sites excluding steroid dienone is 2. The molecule has 1 aliphatic carbocycles. The molecule has 3 rings (SSSR count). The molecule has 2 nitrogen and oxygen atoms in total. The van der Waals surface area contributed by atoms with Crippen LogP contribution in [0.4, 0.5) is 8.78 Å². The number of halogens is 2. The first kappa shape index (κ1) is 12.3. The van der Waals surface area contributed by atoms with Crippen molar-refractivity contribution in [3.63, 3.8) is 0 Å². The number of hydrogen-bond acceptors (Lipinski definition) is 1. The predicted octanol–water partition coefficient (Wildman–Crippen LogP) is 4.31. The highest BCUT2D eigenvalue weighted by Gasteiger charge is 2.24. The standard InChI is InChI=1S/C14H12F2N2S/c15-9-4-8(5-10(16)6-9)11-2-1-3-12(11)13-7-17-14(19)18-13/h2,4-7,12H,1,3H2,(H2,17,18,19). The molecule has 0 bridgehead atoms. The van der Waals surface area contributed by atoms with Crippen LogP contribution in [0.3, 0.4) is 0 Å². The molecule has 1 heterocycles. The SMILES string of the molecule is Fc1cc(F)cc(C2=CCCC2c2c[nH]c(=S)[nH]2)c1. The Bertz CT molecular complexity index is 679. The highest BCUT2D eigenvalue weighted by atomic mass is 32.1. The molecule has 0 spiro atoms. The van der Waals surface area contributed by atoms with Gasteiger partial charge in [-0.05, 0) is 48.3 Å². The van der Waals surface area contributed by atoms with Crippen LogP contribution in [-0.4, -0.2) is 9.97 Å². The van der Waals surface area contributed by atoms with Gasteiger partial charge in [-0.3, -0.25) is 0 Å². The molecule has 1 aliphatic rings. The highest BCUT2D eigenvalue weighted by Crippen LogP contribution is 2.40. The van der Waals surface area contributed by atoms with E-state index in [0.717, 1.165) is 30.2 Å². The van der Waals surface area contributed by atoms with E-state index in [2.05, 4.69) is 9.97 Å². The van der Waals surface area contributed by atoms with Crippen molar-refractivity contribution in [3.05, 3.63) is 58.1 Å². The van der Waals surface area contributed by atoms with E-state index in [4.69, 9.17) is 12.2 Å². The van der Waals surface area contributed by atoms with Crippen molar-refractivity contribution in [2.24, 2.45) is 0 Å². The quantitative estimate of drug-likeness (QED) is 0.788. The first-order chi connectivity index (χ1) is 9.13. The maximum absolute atomic E-state index is 13.3. The van der Waals surface area contributed by atoms with Crippen LogP contribution in [0.25, 0.3) is 5.57 Å². The molecule has 1 aromatic carbocycles. The van der Waals surface area contributed by atoms with Gasteiger partial charge in [-0.15, -0.1) is 0 Å². The minimum Gasteiger partial charge on any atom is -0.337 e. The Morgan fingerprint density at radius 3 is 2.53 bits per heavy atom. The molecule has 2 N–H and O–H groups in total. The van der Waals surface area contributed by atoms with Crippen molar-refractivity contribution >= 4 is 17.8 Å². The Hall–Kier alpha value is -1.75. The fraction of sp³-hybridized carbons (Fsp3) is 0.214. The molecule has 0 aliphatic heterocycles. The van der Waals surface area contributed by atoms with E-state index in [-0.39, 0.29) is 5.92 Å². The van der Waals surface area contributed by atoms with Crippen molar-refractivity contribution in [2.75, 3.05) is 0 Å². The third-order valence-electron chi connectivity index (χ3n) is 3.38. The fourth-order valence-electron chi connectivity index (χ4n) is 2.60. The lowest BCUT2D eigenvalue weighted by Gasteiger charge is -2.13. The summed E-state index contributed by atoms with van der Waals surface area (Å²) in [6.07, 6.45) is 5.66. The van der Waals surface area contributed by atoms with Crippen LogP contribution < -0.4 is 0 Å². The molecule has 0 saturated carbocycles. The minimum atomic E-state index is -0.552. The summed E-state index contributed by atoms with van der Waals surface area (Å²) >= 11 is 5.01. The number of benzene rings is 1. The monoisotopic (exact) mass is 278 g/mol. The smallest absolute Gasteiger partial charge is 0.174 e. The number of aromatic nitrogens is 2. The van der Waals surface area contributed by atoms with E-state index in [1.165, 1.54) is 12.1 Å². The first-order valence-corrected chi connectivity index (χ1v) is 6.48. The van der Waals surface area contributed by atoms with Gasteiger partial charge in [0.05, 0.1) is 0 Å². The summed E-state index contributed by atoms with van der Waals surface area (Å²) in [6.45, 7) is 0. The topological polar surface area (TPSA) is 31.6 Å². The van der Waals surface area contributed by atoms with Crippen LogP contribution in [0.15, 0.2) is 30.5 Å². The summed E-state index contributed by atoms with van der Waals surface area (Å²) in [5.41, 5.74) is 2.50. The van der Waals surface area contributed by atoms with Crippen LogP contribution in [-0.2, 0) is 0 Å². The van der Waals surface area contributed by atoms with Gasteiger partial charge in [0.1, 0.15) is 11.6 Å². The van der Waals surface area contributed by atoms with Crippen LogP contribution in [0.5, 0.6) is 0 Å². The van der Waals surface area contributed by atoms with Gasteiger partial charge in [-0.25, -0.2) is 8.78 Å². The zero-order valence-corrected chi connectivity index (χ0v) is 10.9. The van der Waals surface area contributed by atoms with Crippen LogP contribution in [0.2, 0.25) is 0 Å². The van der Waals surface area contributed by atoms with Crippen molar-refractivity contribution in [3.8, 4) is 0 Å². The van der Waals surface area contributed by atoms with Gasteiger partial charge in [-0.2, -0.15) is 0 Å². The molecule has 0 radical (unpaired) electrons. The summed E-state index contributed by atoms with van der Waals surface area (Å²) in [5.74, 6) is -0.999. The van der Waals surface area contributed by atoms with E-state index < -0.39 is 11.6 Å². The van der Waals surface area contributed by atoms with E-state index in [0.29, 0.717) is 10.3 Å². The number of H-pyrrole nitrogens is 2. The zero-order chi connectivity index (χ0) is 13.4. The third kappa shape index (κ3) is 2.38.